The lowest BCUT2D eigenvalue weighted by Gasteiger charge is -2.12. The highest BCUT2D eigenvalue weighted by Gasteiger charge is 2.12. The monoisotopic (exact) mass is 362 g/mol. The SMILES string of the molecule is CS(=O)(=O)OCC(=O)NCC(O)CNC(=O)COS(C)(=O)=O. The number of rotatable bonds is 10. The molecule has 0 atom stereocenters. The van der Waals surface area contributed by atoms with Gasteiger partial charge in [0.1, 0.15) is 13.2 Å². The number of carbonyl (C=O) groups excluding carboxylic acids is 2. The van der Waals surface area contributed by atoms with Gasteiger partial charge in [0.15, 0.2) is 0 Å². The second kappa shape index (κ2) is 8.99. The highest BCUT2D eigenvalue weighted by atomic mass is 32.2. The summed E-state index contributed by atoms with van der Waals surface area (Å²) < 4.78 is 51.0. The van der Waals surface area contributed by atoms with Crippen LogP contribution in [0.5, 0.6) is 0 Å². The van der Waals surface area contributed by atoms with E-state index in [2.05, 4.69) is 19.0 Å². The van der Waals surface area contributed by atoms with Crippen LogP contribution in [0.4, 0.5) is 0 Å². The number of nitrogens with one attached hydrogen (secondary N) is 2. The van der Waals surface area contributed by atoms with E-state index in [9.17, 15) is 31.5 Å². The van der Waals surface area contributed by atoms with Crippen molar-refractivity contribution >= 4 is 32.1 Å². The highest BCUT2D eigenvalue weighted by molar-refractivity contribution is 7.86. The van der Waals surface area contributed by atoms with Gasteiger partial charge in [0.2, 0.25) is 11.8 Å². The maximum absolute atomic E-state index is 11.2. The van der Waals surface area contributed by atoms with Crippen LogP contribution in [0.25, 0.3) is 0 Å². The fraction of sp³-hybridized carbons (Fsp3) is 0.778. The van der Waals surface area contributed by atoms with Gasteiger partial charge in [-0.3, -0.25) is 18.0 Å². The van der Waals surface area contributed by atoms with Crippen LogP contribution in [0.15, 0.2) is 0 Å². The van der Waals surface area contributed by atoms with Gasteiger partial charge in [0.25, 0.3) is 20.2 Å². The van der Waals surface area contributed by atoms with Crippen LogP contribution in [0, 0.1) is 0 Å². The molecule has 0 radical (unpaired) electrons. The zero-order valence-electron chi connectivity index (χ0n) is 11.9. The van der Waals surface area contributed by atoms with Crippen LogP contribution in [0.1, 0.15) is 0 Å². The molecule has 0 aromatic carbocycles. The Kier molecular flexibility index (Phi) is 8.47. The summed E-state index contributed by atoms with van der Waals surface area (Å²) in [5.74, 6) is -1.53. The summed E-state index contributed by atoms with van der Waals surface area (Å²) in [4.78, 5) is 22.3. The first-order valence-corrected chi connectivity index (χ1v) is 9.42. The lowest BCUT2D eigenvalue weighted by Crippen LogP contribution is -2.42. The molecule has 130 valence electrons. The Morgan fingerprint density at radius 3 is 1.50 bits per heavy atom. The van der Waals surface area contributed by atoms with Gasteiger partial charge in [0, 0.05) is 13.1 Å². The highest BCUT2D eigenvalue weighted by Crippen LogP contribution is 1.88. The minimum absolute atomic E-state index is 0.265. The van der Waals surface area contributed by atoms with E-state index >= 15 is 0 Å². The molecule has 0 fully saturated rings. The quantitative estimate of drug-likeness (QED) is 0.335. The van der Waals surface area contributed by atoms with E-state index in [1.807, 2.05) is 0 Å². The van der Waals surface area contributed by atoms with Crippen molar-refractivity contribution in [3.63, 3.8) is 0 Å². The molecule has 0 aliphatic heterocycles. The molecule has 3 N–H and O–H groups in total. The average molecular weight is 362 g/mol. The third-order valence-corrected chi connectivity index (χ3v) is 2.97. The molecule has 0 saturated carbocycles. The van der Waals surface area contributed by atoms with Gasteiger partial charge >= 0.3 is 0 Å². The van der Waals surface area contributed by atoms with Gasteiger partial charge in [-0.2, -0.15) is 16.8 Å². The third-order valence-electron chi connectivity index (χ3n) is 1.88. The van der Waals surface area contributed by atoms with Crippen LogP contribution < -0.4 is 10.6 Å². The Labute approximate surface area is 128 Å². The van der Waals surface area contributed by atoms with Crippen molar-refractivity contribution in [1.82, 2.24) is 10.6 Å². The smallest absolute Gasteiger partial charge is 0.264 e. The Morgan fingerprint density at radius 2 is 1.23 bits per heavy atom. The van der Waals surface area contributed by atoms with E-state index in [-0.39, 0.29) is 13.1 Å². The zero-order valence-corrected chi connectivity index (χ0v) is 13.6. The normalized spacial score (nSPS) is 12.2. The number of carbonyl (C=O) groups is 2. The van der Waals surface area contributed by atoms with Crippen molar-refractivity contribution in [2.75, 3.05) is 38.8 Å². The van der Waals surface area contributed by atoms with Gasteiger partial charge in [-0.25, -0.2) is 0 Å². The third kappa shape index (κ3) is 13.7. The van der Waals surface area contributed by atoms with E-state index < -0.39 is 51.4 Å². The standard InChI is InChI=1S/C9H18N2O9S2/c1-21(15,16)19-5-8(13)10-3-7(12)4-11-9(14)6-20-22(2,17)18/h7,12H,3-6H2,1-2H3,(H,10,13)(H,11,14). The Bertz CT molecular complexity index is 532. The maximum Gasteiger partial charge on any atom is 0.264 e. The largest absolute Gasteiger partial charge is 0.389 e. The number of amides is 2. The first-order chi connectivity index (χ1) is 9.89. The Hall–Kier alpha value is -1.28. The first kappa shape index (κ1) is 20.7. The predicted octanol–water partition coefficient (Wildman–Crippen LogP) is -3.47. The molecule has 0 saturated heterocycles. The summed E-state index contributed by atoms with van der Waals surface area (Å²) in [6.07, 6.45) is 0.399. The molecule has 0 unspecified atom stereocenters. The van der Waals surface area contributed by atoms with Crippen LogP contribution in [-0.4, -0.2) is 78.7 Å². The molecule has 0 rings (SSSR count). The van der Waals surface area contributed by atoms with E-state index in [1.165, 1.54) is 0 Å². The molecule has 22 heavy (non-hydrogen) atoms. The van der Waals surface area contributed by atoms with Crippen LogP contribution in [-0.2, 0) is 38.2 Å². The Balaban J connectivity index is 3.88. The minimum atomic E-state index is -3.74. The van der Waals surface area contributed by atoms with E-state index in [4.69, 9.17) is 0 Å². The van der Waals surface area contributed by atoms with Gasteiger partial charge in [-0.1, -0.05) is 0 Å². The van der Waals surface area contributed by atoms with Crippen molar-refractivity contribution < 1.29 is 39.9 Å². The summed E-state index contributed by atoms with van der Waals surface area (Å²) in [6.45, 7) is -1.97. The maximum atomic E-state index is 11.2. The van der Waals surface area contributed by atoms with Crippen LogP contribution >= 0.6 is 0 Å². The molecule has 0 spiro atoms. The second-order valence-corrected chi connectivity index (χ2v) is 7.48. The number of hydrogen-bond acceptors (Lipinski definition) is 9. The number of hydrogen-bond donors (Lipinski definition) is 3. The van der Waals surface area contributed by atoms with Gasteiger partial charge in [0.05, 0.1) is 18.6 Å². The molecule has 0 aromatic heterocycles. The molecule has 11 nitrogen and oxygen atoms in total. The minimum Gasteiger partial charge on any atom is -0.389 e. The van der Waals surface area contributed by atoms with E-state index in [0.717, 1.165) is 12.5 Å². The summed E-state index contributed by atoms with van der Waals surface area (Å²) in [5, 5.41) is 13.8. The summed E-state index contributed by atoms with van der Waals surface area (Å²) in [7, 11) is -7.48. The molecule has 0 aliphatic rings. The molecule has 0 aromatic rings. The predicted molar refractivity (Wildman–Crippen MR) is 73.6 cm³/mol. The molecule has 0 aliphatic carbocycles. The van der Waals surface area contributed by atoms with Gasteiger partial charge in [-0.15, -0.1) is 0 Å². The Morgan fingerprint density at radius 1 is 0.909 bits per heavy atom. The topological polar surface area (TPSA) is 165 Å². The van der Waals surface area contributed by atoms with Crippen molar-refractivity contribution in [2.24, 2.45) is 0 Å². The fourth-order valence-electron chi connectivity index (χ4n) is 0.959. The van der Waals surface area contributed by atoms with Crippen LogP contribution in [0.3, 0.4) is 0 Å². The van der Waals surface area contributed by atoms with Crippen molar-refractivity contribution in [3.8, 4) is 0 Å². The lowest BCUT2D eigenvalue weighted by atomic mass is 10.3. The second-order valence-electron chi connectivity index (χ2n) is 4.19. The summed E-state index contributed by atoms with van der Waals surface area (Å²) in [5.41, 5.74) is 0. The molecule has 0 heterocycles. The summed E-state index contributed by atoms with van der Waals surface area (Å²) in [6, 6.07) is 0. The molecule has 0 bridgehead atoms. The lowest BCUT2D eigenvalue weighted by molar-refractivity contribution is -0.123. The van der Waals surface area contributed by atoms with E-state index in [1.54, 1.807) is 0 Å². The van der Waals surface area contributed by atoms with Crippen LogP contribution in [0.2, 0.25) is 0 Å². The summed E-state index contributed by atoms with van der Waals surface area (Å²) >= 11 is 0. The molecule has 13 heteroatoms. The fourth-order valence-corrected chi connectivity index (χ4v) is 1.60. The number of aliphatic hydroxyl groups excluding tert-OH is 1. The van der Waals surface area contributed by atoms with E-state index in [0.29, 0.717) is 0 Å². The molecule has 2 amide bonds. The van der Waals surface area contributed by atoms with Crippen molar-refractivity contribution in [3.05, 3.63) is 0 Å². The zero-order chi connectivity index (χ0) is 17.4. The van der Waals surface area contributed by atoms with Crippen molar-refractivity contribution in [2.45, 2.75) is 6.10 Å². The average Bonchev–Trinajstić information content (AvgIpc) is 2.36. The number of aliphatic hydroxyl groups is 1. The molecular formula is C9H18N2O9S2. The first-order valence-electron chi connectivity index (χ1n) is 5.79. The molecular weight excluding hydrogens is 344 g/mol. The van der Waals surface area contributed by atoms with Crippen molar-refractivity contribution in [1.29, 1.82) is 0 Å². The van der Waals surface area contributed by atoms with Gasteiger partial charge < -0.3 is 15.7 Å². The van der Waals surface area contributed by atoms with Gasteiger partial charge in [-0.05, 0) is 0 Å².